The van der Waals surface area contributed by atoms with E-state index in [9.17, 15) is 24.6 Å². The molecule has 2 amide bonds. The fraction of sp³-hybridized carbons (Fsp3) is 0.516. The lowest BCUT2D eigenvalue weighted by Gasteiger charge is -2.45. The summed E-state index contributed by atoms with van der Waals surface area (Å²) < 4.78 is 0. The fourth-order valence-corrected chi connectivity index (χ4v) is 5.37. The molecule has 1 aliphatic rings. The predicted molar refractivity (Wildman–Crippen MR) is 153 cm³/mol. The van der Waals surface area contributed by atoms with Crippen molar-refractivity contribution in [2.24, 2.45) is 11.8 Å². The van der Waals surface area contributed by atoms with Gasteiger partial charge in [-0.3, -0.25) is 9.59 Å². The largest absolute Gasteiger partial charge is 0.508 e. The number of likely N-dealkylation sites (tertiary alicyclic amines) is 1. The van der Waals surface area contributed by atoms with Crippen molar-refractivity contribution in [3.05, 3.63) is 60.2 Å². The molecule has 1 fully saturated rings. The van der Waals surface area contributed by atoms with Crippen molar-refractivity contribution in [3.8, 4) is 5.75 Å². The molecule has 2 aromatic rings. The lowest BCUT2D eigenvalue weighted by atomic mass is 9.68. The van der Waals surface area contributed by atoms with Crippen LogP contribution in [0.15, 0.2) is 54.6 Å². The minimum atomic E-state index is -1.06. The Labute approximate surface area is 232 Å². The second-order valence-corrected chi connectivity index (χ2v) is 11.4. The van der Waals surface area contributed by atoms with Crippen LogP contribution in [0.5, 0.6) is 5.75 Å². The molecule has 212 valence electrons. The van der Waals surface area contributed by atoms with E-state index >= 15 is 0 Å². The molecule has 3 atom stereocenters. The standard InChI is InChI=1S/C31H43N3O5/c1-22(2)19-27(30(38)39)32-28(36)13-14-29(37)34(25-10-6-5-7-11-25)18-17-33-16-15-31(4,23(3)21-33)24-9-8-12-26(35)20-24/h5-12,20,22-23,27,35H,13-19,21H2,1-4H3,(H,32,36)(H,38,39)/t23?,27-,31?/m0/s1. The van der Waals surface area contributed by atoms with Crippen LogP contribution in [-0.4, -0.2) is 65.1 Å². The highest BCUT2D eigenvalue weighted by molar-refractivity contribution is 5.95. The summed E-state index contributed by atoms with van der Waals surface area (Å²) in [4.78, 5) is 41.4. The number of hydrogen-bond acceptors (Lipinski definition) is 5. The number of para-hydroxylation sites is 1. The third kappa shape index (κ3) is 8.30. The number of rotatable bonds is 12. The summed E-state index contributed by atoms with van der Waals surface area (Å²) in [5.41, 5.74) is 1.88. The number of anilines is 1. The highest BCUT2D eigenvalue weighted by Gasteiger charge is 2.38. The molecule has 1 saturated heterocycles. The Bertz CT molecular complexity index is 1120. The highest BCUT2D eigenvalue weighted by Crippen LogP contribution is 2.40. The average molecular weight is 538 g/mol. The quantitative estimate of drug-likeness (QED) is 0.370. The average Bonchev–Trinajstić information content (AvgIpc) is 2.89. The number of phenolic OH excluding ortho intramolecular Hbond substituents is 1. The number of carboxylic acids is 1. The van der Waals surface area contributed by atoms with Gasteiger partial charge in [-0.05, 0) is 66.5 Å². The molecule has 3 N–H and O–H groups in total. The summed E-state index contributed by atoms with van der Waals surface area (Å²) in [5.74, 6) is -0.901. The Morgan fingerprint density at radius 1 is 1.10 bits per heavy atom. The summed E-state index contributed by atoms with van der Waals surface area (Å²) in [5, 5.41) is 21.9. The molecular formula is C31H43N3O5. The third-order valence-electron chi connectivity index (χ3n) is 7.99. The van der Waals surface area contributed by atoms with Crippen molar-refractivity contribution in [1.82, 2.24) is 10.2 Å². The van der Waals surface area contributed by atoms with Gasteiger partial charge in [-0.25, -0.2) is 4.79 Å². The Morgan fingerprint density at radius 3 is 2.44 bits per heavy atom. The first-order chi connectivity index (χ1) is 18.5. The van der Waals surface area contributed by atoms with Crippen LogP contribution in [0.1, 0.15) is 58.9 Å². The number of carbonyl (C=O) groups excluding carboxylic acids is 2. The second kappa shape index (κ2) is 13.6. The molecule has 1 heterocycles. The number of carbonyl (C=O) groups is 3. The van der Waals surface area contributed by atoms with Crippen molar-refractivity contribution in [2.45, 2.75) is 64.8 Å². The third-order valence-corrected chi connectivity index (χ3v) is 7.99. The minimum absolute atomic E-state index is 0.000714. The molecule has 0 radical (unpaired) electrons. The Morgan fingerprint density at radius 2 is 1.82 bits per heavy atom. The van der Waals surface area contributed by atoms with Crippen LogP contribution in [-0.2, 0) is 19.8 Å². The molecule has 0 aromatic heterocycles. The summed E-state index contributed by atoms with van der Waals surface area (Å²) in [6.07, 6.45) is 1.22. The van der Waals surface area contributed by atoms with E-state index in [2.05, 4.69) is 30.1 Å². The molecule has 2 unspecified atom stereocenters. The van der Waals surface area contributed by atoms with E-state index in [1.807, 2.05) is 56.3 Å². The predicted octanol–water partition coefficient (Wildman–Crippen LogP) is 4.42. The molecule has 3 rings (SSSR count). The van der Waals surface area contributed by atoms with Crippen molar-refractivity contribution >= 4 is 23.5 Å². The van der Waals surface area contributed by atoms with Gasteiger partial charge in [0.1, 0.15) is 11.8 Å². The molecule has 39 heavy (non-hydrogen) atoms. The first-order valence-corrected chi connectivity index (χ1v) is 13.9. The maximum Gasteiger partial charge on any atom is 0.326 e. The minimum Gasteiger partial charge on any atom is -0.508 e. The second-order valence-electron chi connectivity index (χ2n) is 11.4. The van der Waals surface area contributed by atoms with Crippen LogP contribution in [0.3, 0.4) is 0 Å². The number of piperidine rings is 1. The van der Waals surface area contributed by atoms with Crippen LogP contribution in [0.4, 0.5) is 5.69 Å². The zero-order valence-corrected chi connectivity index (χ0v) is 23.6. The molecule has 1 aliphatic heterocycles. The molecular weight excluding hydrogens is 494 g/mol. The van der Waals surface area contributed by atoms with Crippen LogP contribution in [0, 0.1) is 11.8 Å². The Balaban J connectivity index is 1.60. The smallest absolute Gasteiger partial charge is 0.326 e. The van der Waals surface area contributed by atoms with E-state index in [0.717, 1.165) is 30.8 Å². The van der Waals surface area contributed by atoms with Gasteiger partial charge < -0.3 is 25.3 Å². The van der Waals surface area contributed by atoms with E-state index in [0.29, 0.717) is 25.4 Å². The molecule has 0 bridgehead atoms. The van der Waals surface area contributed by atoms with Gasteiger partial charge in [-0.2, -0.15) is 0 Å². The highest BCUT2D eigenvalue weighted by atomic mass is 16.4. The van der Waals surface area contributed by atoms with Crippen LogP contribution in [0.25, 0.3) is 0 Å². The van der Waals surface area contributed by atoms with Gasteiger partial charge in [-0.1, -0.05) is 58.0 Å². The fourth-order valence-electron chi connectivity index (χ4n) is 5.37. The van der Waals surface area contributed by atoms with Gasteiger partial charge in [-0.15, -0.1) is 0 Å². The van der Waals surface area contributed by atoms with Crippen molar-refractivity contribution in [2.75, 3.05) is 31.1 Å². The first kappa shape index (κ1) is 30.2. The number of amides is 2. The number of aromatic hydroxyl groups is 1. The van der Waals surface area contributed by atoms with Gasteiger partial charge in [0.2, 0.25) is 11.8 Å². The number of phenols is 1. The van der Waals surface area contributed by atoms with E-state index in [4.69, 9.17) is 0 Å². The number of carboxylic acid groups (broad SMARTS) is 1. The van der Waals surface area contributed by atoms with Crippen LogP contribution < -0.4 is 10.2 Å². The monoisotopic (exact) mass is 537 g/mol. The molecule has 8 heteroatoms. The number of benzene rings is 2. The lowest BCUT2D eigenvalue weighted by molar-refractivity contribution is -0.142. The van der Waals surface area contributed by atoms with Gasteiger partial charge in [0.15, 0.2) is 0 Å². The molecule has 8 nitrogen and oxygen atoms in total. The lowest BCUT2D eigenvalue weighted by Crippen LogP contribution is -2.49. The van der Waals surface area contributed by atoms with Crippen molar-refractivity contribution in [1.29, 1.82) is 0 Å². The summed E-state index contributed by atoms with van der Waals surface area (Å²) >= 11 is 0. The molecule has 2 aromatic carbocycles. The maximum absolute atomic E-state index is 13.3. The Hall–Kier alpha value is -3.39. The Kier molecular flexibility index (Phi) is 10.5. The SMILES string of the molecule is CC(C)C[C@H](NC(=O)CCC(=O)N(CCN1CCC(C)(c2cccc(O)c2)C(C)C1)c1ccccc1)C(=O)O. The van der Waals surface area contributed by atoms with Crippen molar-refractivity contribution in [3.63, 3.8) is 0 Å². The van der Waals surface area contributed by atoms with E-state index in [-0.39, 0.29) is 35.8 Å². The number of aliphatic carboxylic acids is 1. The number of hydrogen-bond donors (Lipinski definition) is 3. The topological polar surface area (TPSA) is 110 Å². The summed E-state index contributed by atoms with van der Waals surface area (Å²) in [6, 6.07) is 16.0. The van der Waals surface area contributed by atoms with Crippen LogP contribution >= 0.6 is 0 Å². The summed E-state index contributed by atoms with van der Waals surface area (Å²) in [6.45, 7) is 11.2. The molecule has 0 spiro atoms. The van der Waals surface area contributed by atoms with E-state index < -0.39 is 17.9 Å². The summed E-state index contributed by atoms with van der Waals surface area (Å²) in [7, 11) is 0. The van der Waals surface area contributed by atoms with Crippen LogP contribution in [0.2, 0.25) is 0 Å². The zero-order valence-electron chi connectivity index (χ0n) is 23.6. The van der Waals surface area contributed by atoms with E-state index in [1.54, 1.807) is 11.0 Å². The normalized spacial score (nSPS) is 20.4. The van der Waals surface area contributed by atoms with Gasteiger partial charge in [0.25, 0.3) is 0 Å². The van der Waals surface area contributed by atoms with Gasteiger partial charge >= 0.3 is 5.97 Å². The number of nitrogens with zero attached hydrogens (tertiary/aromatic N) is 2. The number of nitrogens with one attached hydrogen (secondary N) is 1. The maximum atomic E-state index is 13.3. The first-order valence-electron chi connectivity index (χ1n) is 13.9. The van der Waals surface area contributed by atoms with Gasteiger partial charge in [0, 0.05) is 38.2 Å². The molecule has 0 saturated carbocycles. The van der Waals surface area contributed by atoms with Gasteiger partial charge in [0.05, 0.1) is 0 Å². The van der Waals surface area contributed by atoms with Crippen molar-refractivity contribution < 1.29 is 24.6 Å². The molecule has 0 aliphatic carbocycles. The van der Waals surface area contributed by atoms with E-state index in [1.165, 1.54) is 0 Å². The zero-order chi connectivity index (χ0) is 28.6.